The molecule has 6 heteroatoms. The summed E-state index contributed by atoms with van der Waals surface area (Å²) in [4.78, 5) is 3.89. The summed E-state index contributed by atoms with van der Waals surface area (Å²) in [6.07, 6.45) is 3.62. The van der Waals surface area contributed by atoms with Crippen molar-refractivity contribution >= 4 is 23.4 Å². The van der Waals surface area contributed by atoms with E-state index in [0.717, 1.165) is 18.2 Å². The van der Waals surface area contributed by atoms with Gasteiger partial charge in [-0.1, -0.05) is 6.42 Å². The molecule has 1 aromatic heterocycles. The molecule has 18 heavy (non-hydrogen) atoms. The lowest BCUT2D eigenvalue weighted by molar-refractivity contribution is 0.578. The minimum Gasteiger partial charge on any atom is -0.371 e. The summed E-state index contributed by atoms with van der Waals surface area (Å²) in [7, 11) is 1.56. The predicted molar refractivity (Wildman–Crippen MR) is 72.3 cm³/mol. The molecule has 3 nitrogen and oxygen atoms in total. The van der Waals surface area contributed by atoms with Crippen LogP contribution < -0.4 is 10.6 Å². The predicted octanol–water partition coefficient (Wildman–Crippen LogP) is 3.10. The highest BCUT2D eigenvalue weighted by molar-refractivity contribution is 7.99. The third kappa shape index (κ3) is 3.25. The van der Waals surface area contributed by atoms with Gasteiger partial charge in [0.15, 0.2) is 23.3 Å². The van der Waals surface area contributed by atoms with Crippen LogP contribution in [0.3, 0.4) is 0 Å². The van der Waals surface area contributed by atoms with Crippen molar-refractivity contribution in [2.45, 2.75) is 24.5 Å². The second-order valence-electron chi connectivity index (χ2n) is 4.27. The normalized spacial score (nSPS) is 19.6. The van der Waals surface area contributed by atoms with Gasteiger partial charge in [0.2, 0.25) is 0 Å². The number of nitrogens with zero attached hydrogens (tertiary/aromatic N) is 1. The monoisotopic (exact) mass is 273 g/mol. The van der Waals surface area contributed by atoms with Gasteiger partial charge in [0.1, 0.15) is 0 Å². The van der Waals surface area contributed by atoms with Gasteiger partial charge in [-0.05, 0) is 18.6 Å². The Morgan fingerprint density at radius 3 is 2.78 bits per heavy atom. The highest BCUT2D eigenvalue weighted by Gasteiger charge is 2.16. The smallest absolute Gasteiger partial charge is 0.168 e. The molecule has 1 saturated heterocycles. The van der Waals surface area contributed by atoms with Gasteiger partial charge in [0.25, 0.3) is 0 Å². The van der Waals surface area contributed by atoms with E-state index in [2.05, 4.69) is 15.6 Å². The van der Waals surface area contributed by atoms with E-state index in [1.54, 1.807) is 7.05 Å². The van der Waals surface area contributed by atoms with Crippen LogP contribution in [0.1, 0.15) is 19.3 Å². The molecule has 2 rings (SSSR count). The Morgan fingerprint density at radius 1 is 1.33 bits per heavy atom. The van der Waals surface area contributed by atoms with E-state index in [1.807, 2.05) is 11.8 Å². The van der Waals surface area contributed by atoms with Gasteiger partial charge in [-0.15, -0.1) is 0 Å². The summed E-state index contributed by atoms with van der Waals surface area (Å²) in [5.41, 5.74) is 0. The first-order chi connectivity index (χ1) is 8.70. The van der Waals surface area contributed by atoms with Gasteiger partial charge in [0, 0.05) is 24.9 Å². The molecule has 0 saturated carbocycles. The molecule has 2 heterocycles. The molecule has 1 aliphatic heterocycles. The van der Waals surface area contributed by atoms with E-state index in [1.165, 1.54) is 12.8 Å². The fourth-order valence-electron chi connectivity index (χ4n) is 1.94. The lowest BCUT2D eigenvalue weighted by atomic mass is 10.2. The number of nitrogens with one attached hydrogen (secondary N) is 2. The van der Waals surface area contributed by atoms with Gasteiger partial charge >= 0.3 is 0 Å². The Morgan fingerprint density at radius 2 is 2.11 bits per heavy atom. The zero-order valence-electron chi connectivity index (χ0n) is 10.3. The maximum Gasteiger partial charge on any atom is 0.168 e. The highest BCUT2D eigenvalue weighted by Crippen LogP contribution is 2.26. The Balaban J connectivity index is 1.99. The minimum atomic E-state index is -0.674. The number of thioether (sulfide) groups is 1. The second kappa shape index (κ2) is 6.22. The number of halogens is 2. The number of hydrogen-bond donors (Lipinski definition) is 2. The first-order valence-corrected chi connectivity index (χ1v) is 7.15. The molecule has 1 aromatic rings. The van der Waals surface area contributed by atoms with Crippen molar-refractivity contribution in [1.82, 2.24) is 4.98 Å². The molecule has 1 aliphatic rings. The van der Waals surface area contributed by atoms with E-state index in [0.29, 0.717) is 11.8 Å². The Bertz CT molecular complexity index is 409. The summed E-state index contributed by atoms with van der Waals surface area (Å²) >= 11 is 1.90. The van der Waals surface area contributed by atoms with Crippen molar-refractivity contribution in [3.63, 3.8) is 0 Å². The van der Waals surface area contributed by atoms with E-state index in [9.17, 15) is 8.78 Å². The molecule has 1 atom stereocenters. The molecule has 0 bridgehead atoms. The molecule has 2 N–H and O–H groups in total. The first-order valence-electron chi connectivity index (χ1n) is 6.10. The number of hydrogen-bond acceptors (Lipinski definition) is 4. The zero-order chi connectivity index (χ0) is 13.0. The topological polar surface area (TPSA) is 37.0 Å². The molecular weight excluding hydrogens is 256 g/mol. The molecule has 1 fully saturated rings. The quantitative estimate of drug-likeness (QED) is 0.884. The number of rotatable bonds is 4. The Kier molecular flexibility index (Phi) is 4.63. The SMILES string of the molecule is CNc1nc(NCC2CCCCS2)c(F)cc1F. The summed E-state index contributed by atoms with van der Waals surface area (Å²) in [5, 5.41) is 6.06. The second-order valence-corrected chi connectivity index (χ2v) is 5.68. The summed E-state index contributed by atoms with van der Waals surface area (Å²) in [6.45, 7) is 0.670. The molecule has 0 amide bonds. The number of aromatic nitrogens is 1. The van der Waals surface area contributed by atoms with E-state index >= 15 is 0 Å². The van der Waals surface area contributed by atoms with Crippen LogP contribution in [-0.2, 0) is 0 Å². The van der Waals surface area contributed by atoms with Crippen molar-refractivity contribution in [3.8, 4) is 0 Å². The molecule has 0 spiro atoms. The van der Waals surface area contributed by atoms with Crippen molar-refractivity contribution < 1.29 is 8.78 Å². The maximum absolute atomic E-state index is 13.5. The molecule has 0 aliphatic carbocycles. The number of anilines is 2. The van der Waals surface area contributed by atoms with Gasteiger partial charge < -0.3 is 10.6 Å². The third-order valence-corrected chi connectivity index (χ3v) is 4.34. The van der Waals surface area contributed by atoms with Crippen molar-refractivity contribution in [2.75, 3.05) is 30.0 Å². The first kappa shape index (κ1) is 13.4. The summed E-state index contributed by atoms with van der Waals surface area (Å²) in [5.74, 6) is 0.0231. The van der Waals surface area contributed by atoms with E-state index in [-0.39, 0.29) is 11.6 Å². The average molecular weight is 273 g/mol. The van der Waals surface area contributed by atoms with Crippen LogP contribution in [0.2, 0.25) is 0 Å². The fourth-order valence-corrected chi connectivity index (χ4v) is 3.18. The summed E-state index contributed by atoms with van der Waals surface area (Å²) in [6, 6.07) is 0.856. The van der Waals surface area contributed by atoms with E-state index < -0.39 is 11.6 Å². The molecule has 0 radical (unpaired) electrons. The van der Waals surface area contributed by atoms with Crippen molar-refractivity contribution in [2.24, 2.45) is 0 Å². The lowest BCUT2D eigenvalue weighted by Gasteiger charge is -2.21. The lowest BCUT2D eigenvalue weighted by Crippen LogP contribution is -2.21. The van der Waals surface area contributed by atoms with E-state index in [4.69, 9.17) is 0 Å². The Hall–Kier alpha value is -1.04. The van der Waals surface area contributed by atoms with Crippen LogP contribution in [0.25, 0.3) is 0 Å². The average Bonchev–Trinajstić information content (AvgIpc) is 2.39. The highest BCUT2D eigenvalue weighted by atomic mass is 32.2. The third-order valence-electron chi connectivity index (χ3n) is 2.94. The Labute approximate surface area is 110 Å². The molecular formula is C12H17F2N3S. The van der Waals surface area contributed by atoms with Crippen LogP contribution in [0, 0.1) is 11.6 Å². The van der Waals surface area contributed by atoms with Crippen molar-refractivity contribution in [3.05, 3.63) is 17.7 Å². The van der Waals surface area contributed by atoms with Crippen LogP contribution in [-0.4, -0.2) is 29.6 Å². The van der Waals surface area contributed by atoms with Crippen LogP contribution in [0.5, 0.6) is 0 Å². The van der Waals surface area contributed by atoms with Gasteiger partial charge in [0.05, 0.1) is 0 Å². The molecule has 100 valence electrons. The fraction of sp³-hybridized carbons (Fsp3) is 0.583. The molecule has 0 aromatic carbocycles. The van der Waals surface area contributed by atoms with Crippen LogP contribution >= 0.6 is 11.8 Å². The van der Waals surface area contributed by atoms with Gasteiger partial charge in [-0.2, -0.15) is 11.8 Å². The van der Waals surface area contributed by atoms with Crippen LogP contribution in [0.4, 0.5) is 20.4 Å². The van der Waals surface area contributed by atoms with Crippen LogP contribution in [0.15, 0.2) is 6.07 Å². The summed E-state index contributed by atoms with van der Waals surface area (Å²) < 4.78 is 26.8. The zero-order valence-corrected chi connectivity index (χ0v) is 11.1. The number of pyridine rings is 1. The van der Waals surface area contributed by atoms with Gasteiger partial charge in [-0.3, -0.25) is 0 Å². The minimum absolute atomic E-state index is 0.0650. The standard InChI is InChI=1S/C12H17F2N3S/c1-15-11-9(13)6-10(14)12(17-11)16-7-8-4-2-3-5-18-8/h6,8H,2-5,7H2,1H3,(H2,15,16,17). The largest absolute Gasteiger partial charge is 0.371 e. The van der Waals surface area contributed by atoms with Crippen molar-refractivity contribution in [1.29, 1.82) is 0 Å². The van der Waals surface area contributed by atoms with Gasteiger partial charge in [-0.25, -0.2) is 13.8 Å². The maximum atomic E-state index is 13.5. The molecule has 1 unspecified atom stereocenters.